The van der Waals surface area contributed by atoms with Crippen LogP contribution in [0.2, 0.25) is 0 Å². The molecule has 3 heteroatoms. The second-order valence-electron chi connectivity index (χ2n) is 6.41. The molecule has 0 saturated heterocycles. The molecule has 0 fully saturated rings. The lowest BCUT2D eigenvalue weighted by Crippen LogP contribution is -2.35. The average molecular weight is 300 g/mol. The number of nitrogens with zero attached hydrogens (tertiary/aromatic N) is 1. The van der Waals surface area contributed by atoms with E-state index in [0.717, 1.165) is 44.3 Å². The van der Waals surface area contributed by atoms with Gasteiger partial charge in [0.15, 0.2) is 0 Å². The van der Waals surface area contributed by atoms with Crippen molar-refractivity contribution in [3.63, 3.8) is 0 Å². The summed E-state index contributed by atoms with van der Waals surface area (Å²) in [6, 6.07) is 8.14. The lowest BCUT2D eigenvalue weighted by molar-refractivity contribution is 0.0939. The number of rotatable bonds is 6. The Hall–Kier alpha value is -1.61. The first-order chi connectivity index (χ1) is 10.6. The summed E-state index contributed by atoms with van der Waals surface area (Å²) in [5.74, 6) is 0.0281. The van der Waals surface area contributed by atoms with Crippen molar-refractivity contribution >= 4 is 5.91 Å². The van der Waals surface area contributed by atoms with Crippen LogP contribution in [0.25, 0.3) is 0 Å². The molecule has 1 heterocycles. The fourth-order valence-corrected chi connectivity index (χ4v) is 2.99. The molecule has 22 heavy (non-hydrogen) atoms. The Morgan fingerprint density at radius 1 is 1.32 bits per heavy atom. The lowest BCUT2D eigenvalue weighted by Gasteiger charge is -2.25. The molecular formula is C19H28N2O. The number of aryl methyl sites for hydroxylation is 1. The summed E-state index contributed by atoms with van der Waals surface area (Å²) in [5, 5.41) is 3.11. The minimum absolute atomic E-state index is 0.0281. The molecule has 1 aliphatic heterocycles. The Kier molecular flexibility index (Phi) is 6.20. The molecule has 1 aliphatic rings. The van der Waals surface area contributed by atoms with E-state index in [9.17, 15) is 4.79 Å². The molecule has 1 N–H and O–H groups in total. The predicted molar refractivity (Wildman–Crippen MR) is 92.2 cm³/mol. The van der Waals surface area contributed by atoms with Crippen molar-refractivity contribution in [2.45, 2.75) is 45.6 Å². The van der Waals surface area contributed by atoms with Crippen LogP contribution in [0.15, 0.2) is 35.9 Å². The van der Waals surface area contributed by atoms with E-state index < -0.39 is 0 Å². The van der Waals surface area contributed by atoms with Crippen LogP contribution in [0, 0.1) is 0 Å². The van der Waals surface area contributed by atoms with Crippen LogP contribution in [-0.4, -0.2) is 37.0 Å². The molecule has 0 saturated carbocycles. The summed E-state index contributed by atoms with van der Waals surface area (Å²) in [7, 11) is 2.15. The number of carbonyl (C=O) groups is 1. The third kappa shape index (κ3) is 4.99. The van der Waals surface area contributed by atoms with Crippen LogP contribution in [0.4, 0.5) is 0 Å². The standard InChI is InChI=1S/C19H28N2O/c1-4-6-16-8-10-18(11-9-16)19(22)20-15(2)13-17-7-5-12-21(3)14-17/h7-11,15H,4-6,12-14H2,1-3H3,(H,20,22)/t15-/m0/s1. The topological polar surface area (TPSA) is 32.3 Å². The first kappa shape index (κ1) is 16.8. The Morgan fingerprint density at radius 2 is 2.05 bits per heavy atom. The fourth-order valence-electron chi connectivity index (χ4n) is 2.99. The maximum Gasteiger partial charge on any atom is 0.251 e. The maximum absolute atomic E-state index is 12.3. The summed E-state index contributed by atoms with van der Waals surface area (Å²) in [4.78, 5) is 14.6. The minimum Gasteiger partial charge on any atom is -0.349 e. The quantitative estimate of drug-likeness (QED) is 0.817. The highest BCUT2D eigenvalue weighted by Crippen LogP contribution is 2.14. The molecule has 3 nitrogen and oxygen atoms in total. The Labute approximate surface area is 134 Å². The molecule has 1 aromatic rings. The molecule has 0 bridgehead atoms. The normalized spacial score (nSPS) is 17.0. The van der Waals surface area contributed by atoms with E-state index in [1.807, 2.05) is 12.1 Å². The molecule has 2 rings (SSSR count). The van der Waals surface area contributed by atoms with Crippen LogP contribution in [0.5, 0.6) is 0 Å². The van der Waals surface area contributed by atoms with E-state index >= 15 is 0 Å². The average Bonchev–Trinajstić information content (AvgIpc) is 2.48. The molecule has 0 unspecified atom stereocenters. The lowest BCUT2D eigenvalue weighted by atomic mass is 10.0. The van der Waals surface area contributed by atoms with Gasteiger partial charge in [-0.15, -0.1) is 0 Å². The van der Waals surface area contributed by atoms with Crippen LogP contribution >= 0.6 is 0 Å². The second-order valence-corrected chi connectivity index (χ2v) is 6.41. The van der Waals surface area contributed by atoms with Crippen molar-refractivity contribution in [2.75, 3.05) is 20.1 Å². The van der Waals surface area contributed by atoms with Crippen molar-refractivity contribution in [2.24, 2.45) is 0 Å². The number of hydrogen-bond acceptors (Lipinski definition) is 2. The first-order valence-corrected chi connectivity index (χ1v) is 8.34. The van der Waals surface area contributed by atoms with E-state index in [4.69, 9.17) is 0 Å². The van der Waals surface area contributed by atoms with Crippen molar-refractivity contribution in [1.29, 1.82) is 0 Å². The van der Waals surface area contributed by atoms with Gasteiger partial charge in [0, 0.05) is 24.7 Å². The molecule has 1 aromatic carbocycles. The van der Waals surface area contributed by atoms with Crippen molar-refractivity contribution in [1.82, 2.24) is 10.2 Å². The van der Waals surface area contributed by atoms with Gasteiger partial charge in [-0.3, -0.25) is 4.79 Å². The highest BCUT2D eigenvalue weighted by Gasteiger charge is 2.14. The summed E-state index contributed by atoms with van der Waals surface area (Å²) in [5.41, 5.74) is 3.48. The number of benzene rings is 1. The van der Waals surface area contributed by atoms with Gasteiger partial charge in [-0.05, 0) is 50.9 Å². The molecule has 0 aliphatic carbocycles. The monoisotopic (exact) mass is 300 g/mol. The van der Waals surface area contributed by atoms with Gasteiger partial charge in [-0.1, -0.05) is 37.1 Å². The zero-order chi connectivity index (χ0) is 15.9. The van der Waals surface area contributed by atoms with Gasteiger partial charge in [0.2, 0.25) is 0 Å². The van der Waals surface area contributed by atoms with Gasteiger partial charge in [-0.25, -0.2) is 0 Å². The van der Waals surface area contributed by atoms with E-state index in [1.54, 1.807) is 0 Å². The van der Waals surface area contributed by atoms with E-state index in [0.29, 0.717) is 0 Å². The zero-order valence-electron chi connectivity index (χ0n) is 14.1. The highest BCUT2D eigenvalue weighted by molar-refractivity contribution is 5.94. The third-order valence-electron chi connectivity index (χ3n) is 4.12. The second kappa shape index (κ2) is 8.14. The molecule has 0 spiro atoms. The number of nitrogens with one attached hydrogen (secondary N) is 1. The summed E-state index contributed by atoms with van der Waals surface area (Å²) in [6.45, 7) is 6.40. The van der Waals surface area contributed by atoms with Crippen LogP contribution < -0.4 is 5.32 Å². The van der Waals surface area contributed by atoms with Gasteiger partial charge in [0.25, 0.3) is 5.91 Å². The van der Waals surface area contributed by atoms with Crippen LogP contribution in [-0.2, 0) is 6.42 Å². The smallest absolute Gasteiger partial charge is 0.251 e. The summed E-state index contributed by atoms with van der Waals surface area (Å²) in [6.07, 6.45) is 6.57. The molecule has 0 aromatic heterocycles. The predicted octanol–water partition coefficient (Wildman–Crippen LogP) is 3.41. The third-order valence-corrected chi connectivity index (χ3v) is 4.12. The number of hydrogen-bond donors (Lipinski definition) is 1. The zero-order valence-corrected chi connectivity index (χ0v) is 14.1. The summed E-state index contributed by atoms with van der Waals surface area (Å²) < 4.78 is 0. The Balaban J connectivity index is 1.86. The molecule has 120 valence electrons. The minimum atomic E-state index is 0.0281. The molecule has 1 amide bonds. The molecule has 1 atom stereocenters. The van der Waals surface area contributed by atoms with E-state index in [-0.39, 0.29) is 11.9 Å². The van der Waals surface area contributed by atoms with Gasteiger partial charge >= 0.3 is 0 Å². The van der Waals surface area contributed by atoms with Crippen molar-refractivity contribution in [3.05, 3.63) is 47.0 Å². The van der Waals surface area contributed by atoms with Gasteiger partial charge in [0.1, 0.15) is 0 Å². The van der Waals surface area contributed by atoms with Crippen LogP contribution in [0.1, 0.15) is 49.0 Å². The van der Waals surface area contributed by atoms with E-state index in [1.165, 1.54) is 11.1 Å². The Morgan fingerprint density at radius 3 is 2.68 bits per heavy atom. The molecule has 0 radical (unpaired) electrons. The Bertz CT molecular complexity index is 519. The number of amides is 1. The summed E-state index contributed by atoms with van der Waals surface area (Å²) >= 11 is 0. The van der Waals surface area contributed by atoms with Crippen molar-refractivity contribution < 1.29 is 4.79 Å². The van der Waals surface area contributed by atoms with Gasteiger partial charge < -0.3 is 10.2 Å². The number of carbonyl (C=O) groups excluding carboxylic acids is 1. The van der Waals surface area contributed by atoms with Crippen molar-refractivity contribution in [3.8, 4) is 0 Å². The van der Waals surface area contributed by atoms with E-state index in [2.05, 4.69) is 49.3 Å². The molecular weight excluding hydrogens is 272 g/mol. The number of likely N-dealkylation sites (N-methyl/N-ethyl adjacent to an activating group) is 1. The maximum atomic E-state index is 12.3. The highest BCUT2D eigenvalue weighted by atomic mass is 16.1. The SMILES string of the molecule is CCCc1ccc(C(=O)N[C@@H](C)CC2=CCCN(C)C2)cc1. The fraction of sp³-hybridized carbons (Fsp3) is 0.526. The first-order valence-electron chi connectivity index (χ1n) is 8.34. The van der Waals surface area contributed by atoms with Gasteiger partial charge in [0.05, 0.1) is 0 Å². The largest absolute Gasteiger partial charge is 0.349 e. The van der Waals surface area contributed by atoms with Crippen LogP contribution in [0.3, 0.4) is 0 Å². The van der Waals surface area contributed by atoms with Gasteiger partial charge in [-0.2, -0.15) is 0 Å².